The normalized spacial score (nSPS) is 10.9. The topological polar surface area (TPSA) is 86.8 Å². The molecule has 0 radical (unpaired) electrons. The minimum absolute atomic E-state index is 0.0230. The maximum atomic E-state index is 12.5. The van der Waals surface area contributed by atoms with E-state index in [-0.39, 0.29) is 10.6 Å². The van der Waals surface area contributed by atoms with Crippen molar-refractivity contribution in [2.24, 2.45) is 0 Å². The molecule has 1 aromatic carbocycles. The molecule has 2 rings (SSSR count). The van der Waals surface area contributed by atoms with E-state index in [0.29, 0.717) is 17.3 Å². The number of rotatable bonds is 6. The molecule has 0 aliphatic carbocycles. The van der Waals surface area contributed by atoms with Gasteiger partial charge in [-0.05, 0) is 18.2 Å². The van der Waals surface area contributed by atoms with Gasteiger partial charge in [-0.1, -0.05) is 0 Å². The minimum Gasteiger partial charge on any atom is -0.497 e. The molecular weight excluding hydrogens is 308 g/mol. The zero-order valence-corrected chi connectivity index (χ0v) is 13.2. The van der Waals surface area contributed by atoms with Gasteiger partial charge in [-0.25, -0.2) is 13.4 Å². The summed E-state index contributed by atoms with van der Waals surface area (Å²) in [5.74, 6) is 1.02. The van der Waals surface area contributed by atoms with Crippen molar-refractivity contribution in [1.29, 1.82) is 0 Å². The van der Waals surface area contributed by atoms with Gasteiger partial charge in [-0.3, -0.25) is 4.72 Å². The van der Waals surface area contributed by atoms with Crippen molar-refractivity contribution in [2.45, 2.75) is 4.90 Å². The molecule has 0 unspecified atom stereocenters. The molecule has 0 bridgehead atoms. The average molecular weight is 324 g/mol. The van der Waals surface area contributed by atoms with Gasteiger partial charge in [0.2, 0.25) is 5.88 Å². The van der Waals surface area contributed by atoms with Crippen LogP contribution in [-0.4, -0.2) is 34.7 Å². The van der Waals surface area contributed by atoms with Crippen LogP contribution < -0.4 is 18.9 Å². The number of sulfonamides is 1. The van der Waals surface area contributed by atoms with Crippen molar-refractivity contribution in [3.63, 3.8) is 0 Å². The monoisotopic (exact) mass is 324 g/mol. The number of pyridine rings is 1. The van der Waals surface area contributed by atoms with Crippen LogP contribution in [0.15, 0.2) is 41.4 Å². The number of benzene rings is 1. The first-order valence-corrected chi connectivity index (χ1v) is 7.73. The third kappa shape index (κ3) is 3.40. The molecule has 0 saturated heterocycles. The molecule has 0 spiro atoms. The number of nitrogens with zero attached hydrogens (tertiary/aromatic N) is 1. The molecule has 8 heteroatoms. The lowest BCUT2D eigenvalue weighted by atomic mass is 10.3. The molecule has 0 amide bonds. The number of anilines is 1. The molecule has 1 aromatic heterocycles. The van der Waals surface area contributed by atoms with Crippen LogP contribution in [0.5, 0.6) is 17.4 Å². The van der Waals surface area contributed by atoms with Crippen molar-refractivity contribution >= 4 is 15.7 Å². The van der Waals surface area contributed by atoms with Gasteiger partial charge in [0, 0.05) is 12.1 Å². The second kappa shape index (κ2) is 6.52. The van der Waals surface area contributed by atoms with Crippen LogP contribution in [0.3, 0.4) is 0 Å². The van der Waals surface area contributed by atoms with Crippen LogP contribution in [0.2, 0.25) is 0 Å². The molecule has 0 atom stereocenters. The van der Waals surface area contributed by atoms with Crippen LogP contribution in [0.1, 0.15) is 0 Å². The third-order valence-corrected chi connectivity index (χ3v) is 4.26. The number of nitrogens with one attached hydrogen (secondary N) is 1. The van der Waals surface area contributed by atoms with E-state index < -0.39 is 10.0 Å². The van der Waals surface area contributed by atoms with Crippen molar-refractivity contribution < 1.29 is 22.6 Å². The SMILES string of the molecule is COc1ccc(OC)c(S(=O)(=O)Nc2ccc(OC)nc2)c1. The summed E-state index contributed by atoms with van der Waals surface area (Å²) in [6.45, 7) is 0. The van der Waals surface area contributed by atoms with Gasteiger partial charge in [-0.15, -0.1) is 0 Å². The number of ether oxygens (including phenoxy) is 3. The molecule has 7 nitrogen and oxygen atoms in total. The highest BCUT2D eigenvalue weighted by molar-refractivity contribution is 7.92. The van der Waals surface area contributed by atoms with E-state index in [2.05, 4.69) is 9.71 Å². The van der Waals surface area contributed by atoms with E-state index in [1.807, 2.05) is 0 Å². The van der Waals surface area contributed by atoms with Gasteiger partial charge < -0.3 is 14.2 Å². The van der Waals surface area contributed by atoms with Crippen LogP contribution in [0, 0.1) is 0 Å². The smallest absolute Gasteiger partial charge is 0.265 e. The zero-order valence-electron chi connectivity index (χ0n) is 12.4. The van der Waals surface area contributed by atoms with E-state index >= 15 is 0 Å². The Kier molecular flexibility index (Phi) is 4.71. The Morgan fingerprint density at radius 3 is 2.32 bits per heavy atom. The van der Waals surface area contributed by atoms with Gasteiger partial charge in [0.25, 0.3) is 10.0 Å². The van der Waals surface area contributed by atoms with Crippen molar-refractivity contribution in [3.05, 3.63) is 36.5 Å². The van der Waals surface area contributed by atoms with Gasteiger partial charge in [0.15, 0.2) is 0 Å². The highest BCUT2D eigenvalue weighted by Gasteiger charge is 2.21. The predicted molar refractivity (Wildman–Crippen MR) is 81.1 cm³/mol. The molecule has 0 aliphatic rings. The summed E-state index contributed by atoms with van der Waals surface area (Å²) >= 11 is 0. The van der Waals surface area contributed by atoms with Crippen LogP contribution in [-0.2, 0) is 10.0 Å². The maximum Gasteiger partial charge on any atom is 0.265 e. The van der Waals surface area contributed by atoms with Crippen LogP contribution in [0.4, 0.5) is 5.69 Å². The Morgan fingerprint density at radius 1 is 1.00 bits per heavy atom. The molecule has 1 heterocycles. The molecule has 0 fully saturated rings. The first-order valence-electron chi connectivity index (χ1n) is 6.25. The number of methoxy groups -OCH3 is 3. The maximum absolute atomic E-state index is 12.5. The molecule has 118 valence electrons. The predicted octanol–water partition coefficient (Wildman–Crippen LogP) is 1.91. The lowest BCUT2D eigenvalue weighted by Crippen LogP contribution is -2.14. The van der Waals surface area contributed by atoms with Gasteiger partial charge in [-0.2, -0.15) is 0 Å². The van der Waals surface area contributed by atoms with Gasteiger partial charge >= 0.3 is 0 Å². The van der Waals surface area contributed by atoms with Gasteiger partial charge in [0.05, 0.1) is 33.2 Å². The van der Waals surface area contributed by atoms with E-state index in [1.54, 1.807) is 18.2 Å². The van der Waals surface area contributed by atoms with E-state index in [4.69, 9.17) is 14.2 Å². The number of hydrogen-bond acceptors (Lipinski definition) is 6. The fraction of sp³-hybridized carbons (Fsp3) is 0.214. The quantitative estimate of drug-likeness (QED) is 0.873. The molecule has 0 saturated carbocycles. The number of hydrogen-bond donors (Lipinski definition) is 1. The van der Waals surface area contributed by atoms with Crippen LogP contribution in [0.25, 0.3) is 0 Å². The Balaban J connectivity index is 2.36. The molecule has 1 N–H and O–H groups in total. The fourth-order valence-corrected chi connectivity index (χ4v) is 2.99. The Hall–Kier alpha value is -2.48. The molecular formula is C14H16N2O5S. The average Bonchev–Trinajstić information content (AvgIpc) is 2.54. The Morgan fingerprint density at radius 2 is 1.77 bits per heavy atom. The summed E-state index contributed by atoms with van der Waals surface area (Å²) in [7, 11) is 0.491. The van der Waals surface area contributed by atoms with Crippen molar-refractivity contribution in [2.75, 3.05) is 26.1 Å². The zero-order chi connectivity index (χ0) is 16.2. The number of aromatic nitrogens is 1. The summed E-state index contributed by atoms with van der Waals surface area (Å²) in [5, 5.41) is 0. The van der Waals surface area contributed by atoms with Crippen molar-refractivity contribution in [3.8, 4) is 17.4 Å². The standard InChI is InChI=1S/C14H16N2O5S/c1-19-11-5-6-12(20-2)13(8-11)22(17,18)16-10-4-7-14(21-3)15-9-10/h4-9,16H,1-3H3. The second-order valence-corrected chi connectivity index (χ2v) is 5.86. The molecule has 0 aliphatic heterocycles. The Labute approximate surface area is 128 Å². The van der Waals surface area contributed by atoms with Crippen LogP contribution >= 0.6 is 0 Å². The fourth-order valence-electron chi connectivity index (χ4n) is 1.77. The highest BCUT2D eigenvalue weighted by Crippen LogP contribution is 2.29. The summed E-state index contributed by atoms with van der Waals surface area (Å²) in [6, 6.07) is 7.64. The third-order valence-electron chi connectivity index (χ3n) is 2.86. The second-order valence-electron chi connectivity index (χ2n) is 4.21. The lowest BCUT2D eigenvalue weighted by molar-refractivity contribution is 0.392. The first-order chi connectivity index (χ1) is 10.5. The van der Waals surface area contributed by atoms with E-state index in [9.17, 15) is 8.42 Å². The molecule has 2 aromatic rings. The first kappa shape index (κ1) is 15.9. The van der Waals surface area contributed by atoms with Gasteiger partial charge in [0.1, 0.15) is 16.4 Å². The summed E-state index contributed by atoms with van der Waals surface area (Å²) < 4.78 is 42.5. The minimum atomic E-state index is -3.84. The largest absolute Gasteiger partial charge is 0.497 e. The highest BCUT2D eigenvalue weighted by atomic mass is 32.2. The Bertz CT molecular complexity index is 744. The summed E-state index contributed by atoms with van der Waals surface area (Å²) in [4.78, 5) is 3.92. The van der Waals surface area contributed by atoms with E-state index in [0.717, 1.165) is 0 Å². The van der Waals surface area contributed by atoms with Crippen molar-refractivity contribution in [1.82, 2.24) is 4.98 Å². The summed E-state index contributed by atoms with van der Waals surface area (Å²) in [6.07, 6.45) is 1.36. The van der Waals surface area contributed by atoms with E-state index in [1.165, 1.54) is 39.7 Å². The lowest BCUT2D eigenvalue weighted by Gasteiger charge is -2.12. The summed E-state index contributed by atoms with van der Waals surface area (Å²) in [5.41, 5.74) is 0.311. The molecule has 22 heavy (non-hydrogen) atoms.